The summed E-state index contributed by atoms with van der Waals surface area (Å²) >= 11 is 0. The lowest BCUT2D eigenvalue weighted by atomic mass is 9.77. The van der Waals surface area contributed by atoms with Crippen LogP contribution in [-0.2, 0) is 4.79 Å². The summed E-state index contributed by atoms with van der Waals surface area (Å²) < 4.78 is 0. The average Bonchev–Trinajstić information content (AvgIpc) is 2.09. The Kier molecular flexibility index (Phi) is 1.22. The van der Waals surface area contributed by atoms with Gasteiger partial charge in [-0.25, -0.2) is 0 Å². The molecule has 0 saturated heterocycles. The van der Waals surface area contributed by atoms with Crippen LogP contribution in [0, 0.1) is 17.8 Å². The molecular weight excluding hydrogens is 128 g/mol. The van der Waals surface area contributed by atoms with Crippen LogP contribution in [0.2, 0.25) is 0 Å². The molecule has 3 atom stereocenters. The van der Waals surface area contributed by atoms with Crippen molar-refractivity contribution in [3.8, 4) is 0 Å². The van der Waals surface area contributed by atoms with Gasteiger partial charge in [-0.2, -0.15) is 0 Å². The fourth-order valence-electron chi connectivity index (χ4n) is 2.29. The summed E-state index contributed by atoms with van der Waals surface area (Å²) in [5.74, 6) is 0.981. The monoisotopic (exact) mass is 140 g/mol. The topological polar surface area (TPSA) is 37.3 Å². The molecular formula is C8H12O2. The fraction of sp³-hybridized carbons (Fsp3) is 0.875. The molecule has 0 radical (unpaired) electrons. The molecule has 0 heterocycles. The standard InChI is InChI=1S/C8H12O2/c9-8(10)7-3-5-1-2-6(5)4-7/h5-7H,1-4H2,(H,9,10)/t5-,6+,7?. The van der Waals surface area contributed by atoms with E-state index in [4.69, 9.17) is 5.11 Å². The van der Waals surface area contributed by atoms with Gasteiger partial charge < -0.3 is 5.11 Å². The van der Waals surface area contributed by atoms with E-state index in [1.807, 2.05) is 0 Å². The molecule has 10 heavy (non-hydrogen) atoms. The molecule has 2 aliphatic carbocycles. The van der Waals surface area contributed by atoms with E-state index in [2.05, 4.69) is 0 Å². The second-order valence-electron chi connectivity index (χ2n) is 3.60. The SMILES string of the molecule is O=C(O)C1C[C@H]2CC[C@H]2C1. The summed E-state index contributed by atoms with van der Waals surface area (Å²) in [6.07, 6.45) is 4.49. The minimum Gasteiger partial charge on any atom is -0.481 e. The first-order valence-corrected chi connectivity index (χ1v) is 4.00. The molecule has 1 unspecified atom stereocenters. The van der Waals surface area contributed by atoms with E-state index in [0.29, 0.717) is 0 Å². The molecule has 1 N–H and O–H groups in total. The van der Waals surface area contributed by atoms with E-state index in [0.717, 1.165) is 24.7 Å². The molecule has 0 aromatic carbocycles. The van der Waals surface area contributed by atoms with Crippen LogP contribution in [0.4, 0.5) is 0 Å². The van der Waals surface area contributed by atoms with Gasteiger partial charge >= 0.3 is 5.97 Å². The van der Waals surface area contributed by atoms with E-state index in [-0.39, 0.29) is 5.92 Å². The highest BCUT2D eigenvalue weighted by atomic mass is 16.4. The van der Waals surface area contributed by atoms with Crippen LogP contribution in [0.25, 0.3) is 0 Å². The predicted molar refractivity (Wildman–Crippen MR) is 36.6 cm³/mol. The summed E-state index contributed by atoms with van der Waals surface area (Å²) in [6, 6.07) is 0. The first-order chi connectivity index (χ1) is 4.77. The summed E-state index contributed by atoms with van der Waals surface area (Å²) in [5, 5.41) is 8.68. The normalized spacial score (nSPS) is 44.2. The smallest absolute Gasteiger partial charge is 0.306 e. The van der Waals surface area contributed by atoms with E-state index in [1.54, 1.807) is 0 Å². The minimum absolute atomic E-state index is 0.00231. The highest BCUT2D eigenvalue weighted by Gasteiger charge is 2.42. The second kappa shape index (κ2) is 1.97. The Labute approximate surface area is 60.2 Å². The van der Waals surface area contributed by atoms with Crippen molar-refractivity contribution in [2.75, 3.05) is 0 Å². The Morgan fingerprint density at radius 2 is 1.70 bits per heavy atom. The highest BCUT2D eigenvalue weighted by Crippen LogP contribution is 2.49. The zero-order chi connectivity index (χ0) is 7.14. The van der Waals surface area contributed by atoms with Gasteiger partial charge in [-0.05, 0) is 37.5 Å². The number of carboxylic acid groups (broad SMARTS) is 1. The van der Waals surface area contributed by atoms with E-state index < -0.39 is 5.97 Å². The Hall–Kier alpha value is -0.530. The molecule has 0 spiro atoms. The predicted octanol–water partition coefficient (Wildman–Crippen LogP) is 1.51. The Balaban J connectivity index is 1.98. The van der Waals surface area contributed by atoms with Gasteiger partial charge in [-0.1, -0.05) is 0 Å². The zero-order valence-electron chi connectivity index (χ0n) is 5.92. The Bertz CT molecular complexity index is 153. The minimum atomic E-state index is -0.575. The van der Waals surface area contributed by atoms with Crippen molar-refractivity contribution in [2.24, 2.45) is 17.8 Å². The lowest BCUT2D eigenvalue weighted by Crippen LogP contribution is -2.18. The van der Waals surface area contributed by atoms with Gasteiger partial charge in [-0.3, -0.25) is 4.79 Å². The van der Waals surface area contributed by atoms with E-state index >= 15 is 0 Å². The molecule has 2 fully saturated rings. The number of hydrogen-bond acceptors (Lipinski definition) is 1. The lowest BCUT2D eigenvalue weighted by molar-refractivity contribution is -0.141. The van der Waals surface area contributed by atoms with Crippen LogP contribution in [-0.4, -0.2) is 11.1 Å². The third-order valence-corrected chi connectivity index (χ3v) is 3.10. The number of carbonyl (C=O) groups is 1. The van der Waals surface area contributed by atoms with Crippen LogP contribution >= 0.6 is 0 Å². The summed E-state index contributed by atoms with van der Waals surface area (Å²) in [5.41, 5.74) is 0. The highest BCUT2D eigenvalue weighted by molar-refractivity contribution is 5.70. The molecule has 2 saturated carbocycles. The Morgan fingerprint density at radius 3 is 2.00 bits per heavy atom. The third-order valence-electron chi connectivity index (χ3n) is 3.10. The maximum Gasteiger partial charge on any atom is 0.306 e. The van der Waals surface area contributed by atoms with Crippen LogP contribution in [0.1, 0.15) is 25.7 Å². The second-order valence-corrected chi connectivity index (χ2v) is 3.60. The van der Waals surface area contributed by atoms with Gasteiger partial charge in [0.05, 0.1) is 5.92 Å². The van der Waals surface area contributed by atoms with Crippen molar-refractivity contribution in [3.63, 3.8) is 0 Å². The molecule has 2 nitrogen and oxygen atoms in total. The van der Waals surface area contributed by atoms with Gasteiger partial charge in [0.1, 0.15) is 0 Å². The zero-order valence-corrected chi connectivity index (χ0v) is 5.92. The molecule has 2 rings (SSSR count). The van der Waals surface area contributed by atoms with Gasteiger partial charge in [0, 0.05) is 0 Å². The van der Waals surface area contributed by atoms with Crippen molar-refractivity contribution in [1.29, 1.82) is 0 Å². The maximum atomic E-state index is 10.5. The average molecular weight is 140 g/mol. The molecule has 0 aromatic heterocycles. The van der Waals surface area contributed by atoms with Crippen LogP contribution in [0.3, 0.4) is 0 Å². The van der Waals surface area contributed by atoms with E-state index in [1.165, 1.54) is 12.8 Å². The number of aliphatic carboxylic acids is 1. The molecule has 56 valence electrons. The maximum absolute atomic E-state index is 10.5. The van der Waals surface area contributed by atoms with Gasteiger partial charge in [0.25, 0.3) is 0 Å². The third kappa shape index (κ3) is 0.746. The van der Waals surface area contributed by atoms with Crippen molar-refractivity contribution in [2.45, 2.75) is 25.7 Å². The van der Waals surface area contributed by atoms with Crippen molar-refractivity contribution < 1.29 is 9.90 Å². The largest absolute Gasteiger partial charge is 0.481 e. The molecule has 2 heteroatoms. The molecule has 0 aliphatic heterocycles. The number of carboxylic acids is 1. The number of hydrogen-bond donors (Lipinski definition) is 1. The summed E-state index contributed by atoms with van der Waals surface area (Å²) in [4.78, 5) is 10.5. The summed E-state index contributed by atoms with van der Waals surface area (Å²) in [7, 11) is 0. The van der Waals surface area contributed by atoms with Crippen LogP contribution in [0.5, 0.6) is 0 Å². The Morgan fingerprint density at radius 1 is 1.20 bits per heavy atom. The lowest BCUT2D eigenvalue weighted by Gasteiger charge is -2.29. The van der Waals surface area contributed by atoms with E-state index in [9.17, 15) is 4.79 Å². The number of fused-ring (bicyclic) bond motifs is 1. The molecule has 0 bridgehead atoms. The molecule has 0 amide bonds. The quantitative estimate of drug-likeness (QED) is 0.599. The van der Waals surface area contributed by atoms with Crippen molar-refractivity contribution in [3.05, 3.63) is 0 Å². The first-order valence-electron chi connectivity index (χ1n) is 4.00. The van der Waals surface area contributed by atoms with Crippen molar-refractivity contribution >= 4 is 5.97 Å². The van der Waals surface area contributed by atoms with Crippen LogP contribution < -0.4 is 0 Å². The van der Waals surface area contributed by atoms with Gasteiger partial charge in [0.15, 0.2) is 0 Å². The summed E-state index contributed by atoms with van der Waals surface area (Å²) in [6.45, 7) is 0. The van der Waals surface area contributed by atoms with Gasteiger partial charge in [-0.15, -0.1) is 0 Å². The van der Waals surface area contributed by atoms with Crippen molar-refractivity contribution in [1.82, 2.24) is 0 Å². The first kappa shape index (κ1) is 6.20. The molecule has 0 aromatic rings. The van der Waals surface area contributed by atoms with Gasteiger partial charge in [0.2, 0.25) is 0 Å². The fourth-order valence-corrected chi connectivity index (χ4v) is 2.29. The molecule has 2 aliphatic rings. The van der Waals surface area contributed by atoms with Crippen LogP contribution in [0.15, 0.2) is 0 Å². The number of rotatable bonds is 1.